The van der Waals surface area contributed by atoms with Crippen LogP contribution in [0, 0.1) is 5.92 Å². The maximum absolute atomic E-state index is 4.25. The van der Waals surface area contributed by atoms with Crippen molar-refractivity contribution >= 4 is 0 Å². The quantitative estimate of drug-likeness (QED) is 0.485. The van der Waals surface area contributed by atoms with Crippen LogP contribution < -0.4 is 0 Å². The van der Waals surface area contributed by atoms with E-state index in [9.17, 15) is 0 Å². The lowest BCUT2D eigenvalue weighted by atomic mass is 10.1. The summed E-state index contributed by atoms with van der Waals surface area (Å²) in [6.45, 7) is 15.6. The van der Waals surface area contributed by atoms with Gasteiger partial charge in [0.25, 0.3) is 0 Å². The fourth-order valence-corrected chi connectivity index (χ4v) is 2.72. The molecule has 0 aliphatic carbocycles. The number of hydrogen-bond acceptors (Lipinski definition) is 1. The molecule has 0 aromatic rings. The molecule has 1 aliphatic heterocycles. The fourth-order valence-electron chi connectivity index (χ4n) is 2.72. The van der Waals surface area contributed by atoms with Crippen molar-refractivity contribution in [2.45, 2.75) is 46.5 Å². The van der Waals surface area contributed by atoms with Crippen molar-refractivity contribution < 1.29 is 0 Å². The highest BCUT2D eigenvalue weighted by Gasteiger charge is 2.24. The van der Waals surface area contributed by atoms with E-state index >= 15 is 0 Å². The lowest BCUT2D eigenvalue weighted by Crippen LogP contribution is -2.17. The van der Waals surface area contributed by atoms with Gasteiger partial charge in [-0.3, -0.25) is 0 Å². The zero-order chi connectivity index (χ0) is 16.4. The second kappa shape index (κ2) is 10.0. The van der Waals surface area contributed by atoms with E-state index in [4.69, 9.17) is 0 Å². The van der Waals surface area contributed by atoms with E-state index in [0.717, 1.165) is 31.7 Å². The predicted octanol–water partition coefficient (Wildman–Crippen LogP) is 6.16. The molecular formula is C21H31N. The Morgan fingerprint density at radius 2 is 2.09 bits per heavy atom. The summed E-state index contributed by atoms with van der Waals surface area (Å²) in [4.78, 5) is 2.39. The molecule has 0 radical (unpaired) electrons. The molecule has 1 rings (SSSR count). The molecule has 1 aliphatic rings. The van der Waals surface area contributed by atoms with Gasteiger partial charge in [0.1, 0.15) is 0 Å². The second-order valence-corrected chi connectivity index (χ2v) is 5.76. The van der Waals surface area contributed by atoms with Crippen molar-refractivity contribution in [3.05, 3.63) is 72.7 Å². The average molecular weight is 297 g/mol. The van der Waals surface area contributed by atoms with Crippen LogP contribution in [0.4, 0.5) is 0 Å². The van der Waals surface area contributed by atoms with E-state index in [1.165, 1.54) is 23.4 Å². The molecule has 0 bridgehead atoms. The number of hydrogen-bond donors (Lipinski definition) is 0. The van der Waals surface area contributed by atoms with Gasteiger partial charge >= 0.3 is 0 Å². The molecule has 1 nitrogen and oxygen atoms in total. The molecule has 1 atom stereocenters. The van der Waals surface area contributed by atoms with Gasteiger partial charge in [0, 0.05) is 17.9 Å². The maximum atomic E-state index is 4.25. The Bertz CT molecular complexity index is 488. The van der Waals surface area contributed by atoms with Gasteiger partial charge in [-0.2, -0.15) is 0 Å². The van der Waals surface area contributed by atoms with Crippen LogP contribution in [-0.2, 0) is 0 Å². The second-order valence-electron chi connectivity index (χ2n) is 5.76. The first-order chi connectivity index (χ1) is 10.7. The first-order valence-corrected chi connectivity index (χ1v) is 8.42. The zero-order valence-corrected chi connectivity index (χ0v) is 14.5. The van der Waals surface area contributed by atoms with Gasteiger partial charge < -0.3 is 4.90 Å². The average Bonchev–Trinajstić information content (AvgIpc) is 2.90. The summed E-state index contributed by atoms with van der Waals surface area (Å²) in [5, 5.41) is 0. The van der Waals surface area contributed by atoms with Gasteiger partial charge in [0.15, 0.2) is 0 Å². The van der Waals surface area contributed by atoms with Crippen molar-refractivity contribution in [3.63, 3.8) is 0 Å². The largest absolute Gasteiger partial charge is 0.346 e. The summed E-state index contributed by atoms with van der Waals surface area (Å²) in [5.41, 5.74) is 3.86. The lowest BCUT2D eigenvalue weighted by molar-refractivity contribution is 0.441. The molecule has 120 valence electrons. The van der Waals surface area contributed by atoms with Gasteiger partial charge in [-0.1, -0.05) is 69.9 Å². The first kappa shape index (κ1) is 18.3. The van der Waals surface area contributed by atoms with Crippen LogP contribution in [0.1, 0.15) is 46.5 Å². The minimum atomic E-state index is 0.753. The fraction of sp³-hybridized carbons (Fsp3) is 0.429. The summed E-state index contributed by atoms with van der Waals surface area (Å²) < 4.78 is 0. The number of rotatable bonds is 8. The van der Waals surface area contributed by atoms with Crippen molar-refractivity contribution in [1.82, 2.24) is 4.90 Å². The highest BCUT2D eigenvalue weighted by molar-refractivity contribution is 5.28. The topological polar surface area (TPSA) is 3.24 Å². The summed E-state index contributed by atoms with van der Waals surface area (Å²) >= 11 is 0. The van der Waals surface area contributed by atoms with Crippen LogP contribution >= 0.6 is 0 Å². The third-order valence-electron chi connectivity index (χ3n) is 4.11. The third-order valence-corrected chi connectivity index (χ3v) is 4.11. The van der Waals surface area contributed by atoms with E-state index in [1.54, 1.807) is 0 Å². The van der Waals surface area contributed by atoms with Gasteiger partial charge in [-0.15, -0.1) is 0 Å². The molecule has 0 amide bonds. The molecule has 0 aromatic heterocycles. The molecule has 0 saturated carbocycles. The minimum absolute atomic E-state index is 0.753. The number of allylic oxidation sites excluding steroid dienone is 9. The molecule has 1 unspecified atom stereocenters. The van der Waals surface area contributed by atoms with Crippen molar-refractivity contribution in [2.24, 2.45) is 5.92 Å². The zero-order valence-electron chi connectivity index (χ0n) is 14.5. The smallest absolute Gasteiger partial charge is 0.0364 e. The minimum Gasteiger partial charge on any atom is -0.346 e. The third kappa shape index (κ3) is 5.55. The summed E-state index contributed by atoms with van der Waals surface area (Å²) in [7, 11) is 0. The Kier molecular flexibility index (Phi) is 8.35. The van der Waals surface area contributed by atoms with Crippen LogP contribution in [0.2, 0.25) is 0 Å². The van der Waals surface area contributed by atoms with Gasteiger partial charge in [-0.05, 0) is 43.8 Å². The molecule has 22 heavy (non-hydrogen) atoms. The molecule has 1 saturated heterocycles. The highest BCUT2D eigenvalue weighted by atomic mass is 15.2. The summed E-state index contributed by atoms with van der Waals surface area (Å²) in [6.07, 6.45) is 19.2. The maximum Gasteiger partial charge on any atom is 0.0364 e. The number of likely N-dealkylation sites (tertiary alicyclic amines) is 1. The molecular weight excluding hydrogens is 266 g/mol. The van der Waals surface area contributed by atoms with Crippen LogP contribution in [0.25, 0.3) is 0 Å². The predicted molar refractivity (Wildman–Crippen MR) is 99.5 cm³/mol. The van der Waals surface area contributed by atoms with Crippen molar-refractivity contribution in [1.29, 1.82) is 0 Å². The van der Waals surface area contributed by atoms with E-state index in [0.29, 0.717) is 0 Å². The Hall–Kier alpha value is -1.76. The van der Waals surface area contributed by atoms with Gasteiger partial charge in [0.05, 0.1) is 0 Å². The van der Waals surface area contributed by atoms with E-state index < -0.39 is 0 Å². The Balaban J connectivity index is 2.75. The van der Waals surface area contributed by atoms with Gasteiger partial charge in [-0.25, -0.2) is 0 Å². The first-order valence-electron chi connectivity index (χ1n) is 8.42. The van der Waals surface area contributed by atoms with Crippen LogP contribution in [0.15, 0.2) is 72.7 Å². The summed E-state index contributed by atoms with van der Waals surface area (Å²) in [5.74, 6) is 0.753. The molecule has 0 aromatic carbocycles. The molecule has 1 fully saturated rings. The lowest BCUT2D eigenvalue weighted by Gasteiger charge is -2.21. The monoisotopic (exact) mass is 297 g/mol. The molecule has 1 heterocycles. The van der Waals surface area contributed by atoms with Crippen molar-refractivity contribution in [3.8, 4) is 0 Å². The van der Waals surface area contributed by atoms with E-state index in [1.807, 2.05) is 12.2 Å². The van der Waals surface area contributed by atoms with Crippen molar-refractivity contribution in [2.75, 3.05) is 6.54 Å². The van der Waals surface area contributed by atoms with Crippen LogP contribution in [0.3, 0.4) is 0 Å². The standard InChI is InChI=1S/C21H31N/c1-6-10-13-19(8-3)14-11-15-21(12-7-2)22-17-20(9-4)16-18(22)5/h6,8,10-13,15,20H,1,5,7,9,14,16-17H2,2-4H3/b13-10-,15-11-,19-8+,21-12+. The molecule has 1 heteroatoms. The summed E-state index contributed by atoms with van der Waals surface area (Å²) in [6, 6.07) is 0. The Morgan fingerprint density at radius 3 is 2.64 bits per heavy atom. The molecule has 0 N–H and O–H groups in total. The Morgan fingerprint density at radius 1 is 1.32 bits per heavy atom. The van der Waals surface area contributed by atoms with E-state index in [-0.39, 0.29) is 0 Å². The highest BCUT2D eigenvalue weighted by Crippen LogP contribution is 2.31. The van der Waals surface area contributed by atoms with Crippen LogP contribution in [-0.4, -0.2) is 11.4 Å². The Labute approximate surface area is 137 Å². The van der Waals surface area contributed by atoms with Gasteiger partial charge in [0.2, 0.25) is 0 Å². The molecule has 0 spiro atoms. The van der Waals surface area contributed by atoms with E-state index in [2.05, 4.69) is 69.2 Å². The SMILES string of the molecule is C=C/C=C\C(=C/C)C/C=C\C(=C/CC)N1CC(CC)CC1=C. The normalized spacial score (nSPS) is 20.6. The number of nitrogens with zero attached hydrogens (tertiary/aromatic N) is 1. The van der Waals surface area contributed by atoms with Crippen LogP contribution in [0.5, 0.6) is 0 Å².